The summed E-state index contributed by atoms with van der Waals surface area (Å²) in [5.74, 6) is -2.86. The number of esters is 2. The SMILES string of the molecule is CC(C)COC(=O)c1ccc(NC(=O)COC(=O)[C@H]2CC(=O)N(c3ccc(F)cc3)C2)cc1. The van der Waals surface area contributed by atoms with Crippen LogP contribution in [0.3, 0.4) is 0 Å². The van der Waals surface area contributed by atoms with Gasteiger partial charge < -0.3 is 19.7 Å². The summed E-state index contributed by atoms with van der Waals surface area (Å²) in [4.78, 5) is 50.0. The number of rotatable bonds is 8. The number of nitrogens with one attached hydrogen (secondary N) is 1. The minimum absolute atomic E-state index is 0.0494. The van der Waals surface area contributed by atoms with Gasteiger partial charge in [0.2, 0.25) is 5.91 Å². The van der Waals surface area contributed by atoms with E-state index >= 15 is 0 Å². The van der Waals surface area contributed by atoms with Crippen molar-refractivity contribution in [3.63, 3.8) is 0 Å². The lowest BCUT2D eigenvalue weighted by Crippen LogP contribution is -2.28. The lowest BCUT2D eigenvalue weighted by Gasteiger charge is -2.16. The Morgan fingerprint density at radius 2 is 1.73 bits per heavy atom. The highest BCUT2D eigenvalue weighted by Gasteiger charge is 2.36. The van der Waals surface area contributed by atoms with Crippen molar-refractivity contribution in [2.75, 3.05) is 30.0 Å². The number of carbonyl (C=O) groups excluding carboxylic acids is 4. The Morgan fingerprint density at radius 3 is 2.36 bits per heavy atom. The molecule has 0 saturated carbocycles. The molecule has 0 unspecified atom stereocenters. The summed E-state index contributed by atoms with van der Waals surface area (Å²) in [6.45, 7) is 3.77. The highest BCUT2D eigenvalue weighted by atomic mass is 19.1. The summed E-state index contributed by atoms with van der Waals surface area (Å²) in [7, 11) is 0. The van der Waals surface area contributed by atoms with Gasteiger partial charge in [-0.1, -0.05) is 13.8 Å². The number of amides is 2. The highest BCUT2D eigenvalue weighted by Crippen LogP contribution is 2.26. The zero-order valence-corrected chi connectivity index (χ0v) is 18.4. The molecule has 2 aromatic rings. The number of ether oxygens (including phenoxy) is 2. The Hall–Kier alpha value is -3.75. The molecule has 1 heterocycles. The maximum absolute atomic E-state index is 13.1. The summed E-state index contributed by atoms with van der Waals surface area (Å²) in [6, 6.07) is 11.5. The molecule has 8 nitrogen and oxygen atoms in total. The van der Waals surface area contributed by atoms with Crippen LogP contribution in [0.4, 0.5) is 15.8 Å². The van der Waals surface area contributed by atoms with Crippen molar-refractivity contribution in [2.45, 2.75) is 20.3 Å². The van der Waals surface area contributed by atoms with Crippen LogP contribution in [0.15, 0.2) is 48.5 Å². The van der Waals surface area contributed by atoms with E-state index in [1.54, 1.807) is 12.1 Å². The number of anilines is 2. The lowest BCUT2D eigenvalue weighted by molar-refractivity contribution is -0.151. The molecule has 2 amide bonds. The van der Waals surface area contributed by atoms with Crippen molar-refractivity contribution in [3.8, 4) is 0 Å². The van der Waals surface area contributed by atoms with Crippen molar-refractivity contribution in [1.29, 1.82) is 0 Å². The maximum atomic E-state index is 13.1. The van der Waals surface area contributed by atoms with Gasteiger partial charge in [-0.15, -0.1) is 0 Å². The molecule has 33 heavy (non-hydrogen) atoms. The summed E-state index contributed by atoms with van der Waals surface area (Å²) in [6.07, 6.45) is -0.0494. The Labute approximate surface area is 190 Å². The van der Waals surface area contributed by atoms with Crippen LogP contribution < -0.4 is 10.2 Å². The van der Waals surface area contributed by atoms with E-state index in [1.165, 1.54) is 41.3 Å². The normalized spacial score (nSPS) is 15.5. The van der Waals surface area contributed by atoms with Gasteiger partial charge in [-0.3, -0.25) is 14.4 Å². The largest absolute Gasteiger partial charge is 0.462 e. The van der Waals surface area contributed by atoms with E-state index in [2.05, 4.69) is 5.32 Å². The van der Waals surface area contributed by atoms with E-state index in [-0.39, 0.29) is 24.8 Å². The van der Waals surface area contributed by atoms with Crippen LogP contribution in [-0.2, 0) is 23.9 Å². The molecule has 1 aliphatic heterocycles. The van der Waals surface area contributed by atoms with Gasteiger partial charge >= 0.3 is 11.9 Å². The van der Waals surface area contributed by atoms with E-state index in [9.17, 15) is 23.6 Å². The standard InChI is InChI=1S/C24H25FN2O6/c1-15(2)13-32-23(30)16-3-7-19(8-4-16)26-21(28)14-33-24(31)17-11-22(29)27(12-17)20-9-5-18(25)6-10-20/h3-10,15,17H,11-14H2,1-2H3,(H,26,28)/t17-/m0/s1. The number of hydrogen-bond donors (Lipinski definition) is 1. The first-order valence-corrected chi connectivity index (χ1v) is 10.5. The van der Waals surface area contributed by atoms with E-state index in [1.807, 2.05) is 13.8 Å². The van der Waals surface area contributed by atoms with Gasteiger partial charge in [-0.25, -0.2) is 9.18 Å². The molecule has 0 aliphatic carbocycles. The van der Waals surface area contributed by atoms with Crippen LogP contribution in [-0.4, -0.2) is 43.5 Å². The number of carbonyl (C=O) groups is 4. The first kappa shape index (κ1) is 23.9. The summed E-state index contributed by atoms with van der Waals surface area (Å²) in [5.41, 5.74) is 1.28. The molecule has 0 bridgehead atoms. The molecule has 1 N–H and O–H groups in total. The Kier molecular flexibility index (Phi) is 7.76. The Morgan fingerprint density at radius 1 is 1.06 bits per heavy atom. The molecule has 1 aliphatic rings. The van der Waals surface area contributed by atoms with Crippen molar-refractivity contribution < 1.29 is 33.0 Å². The van der Waals surface area contributed by atoms with Gasteiger partial charge in [0.05, 0.1) is 18.1 Å². The molecule has 0 aromatic heterocycles. The maximum Gasteiger partial charge on any atom is 0.338 e. The minimum atomic E-state index is -0.716. The van der Waals surface area contributed by atoms with Crippen LogP contribution in [0, 0.1) is 17.7 Å². The van der Waals surface area contributed by atoms with Gasteiger partial charge in [0, 0.05) is 24.3 Å². The van der Waals surface area contributed by atoms with Gasteiger partial charge in [0.25, 0.3) is 5.91 Å². The lowest BCUT2D eigenvalue weighted by atomic mass is 10.1. The predicted molar refractivity (Wildman–Crippen MR) is 118 cm³/mol. The van der Waals surface area contributed by atoms with Crippen LogP contribution in [0.25, 0.3) is 0 Å². The third-order valence-electron chi connectivity index (χ3n) is 4.89. The zero-order chi connectivity index (χ0) is 24.0. The second-order valence-corrected chi connectivity index (χ2v) is 8.11. The molecular weight excluding hydrogens is 431 g/mol. The predicted octanol–water partition coefficient (Wildman–Crippen LogP) is 3.17. The number of benzene rings is 2. The molecular formula is C24H25FN2O6. The summed E-state index contributed by atoms with van der Waals surface area (Å²) >= 11 is 0. The summed E-state index contributed by atoms with van der Waals surface area (Å²) in [5, 5.41) is 2.57. The van der Waals surface area contributed by atoms with Gasteiger partial charge in [0.15, 0.2) is 6.61 Å². The Balaban J connectivity index is 1.46. The molecule has 9 heteroatoms. The second kappa shape index (κ2) is 10.7. The summed E-state index contributed by atoms with van der Waals surface area (Å²) < 4.78 is 23.3. The number of hydrogen-bond acceptors (Lipinski definition) is 6. The van der Waals surface area contributed by atoms with Gasteiger partial charge in [0.1, 0.15) is 5.82 Å². The monoisotopic (exact) mass is 456 g/mol. The fourth-order valence-corrected chi connectivity index (χ4v) is 3.20. The number of nitrogens with zero attached hydrogens (tertiary/aromatic N) is 1. The molecule has 174 valence electrons. The van der Waals surface area contributed by atoms with Crippen LogP contribution in [0.1, 0.15) is 30.6 Å². The molecule has 0 radical (unpaired) electrons. The van der Waals surface area contributed by atoms with Gasteiger partial charge in [-0.2, -0.15) is 0 Å². The molecule has 3 rings (SSSR count). The van der Waals surface area contributed by atoms with Crippen molar-refractivity contribution in [3.05, 3.63) is 59.9 Å². The van der Waals surface area contributed by atoms with Crippen molar-refractivity contribution >= 4 is 35.1 Å². The average Bonchev–Trinajstić information content (AvgIpc) is 3.18. The fraction of sp³-hybridized carbons (Fsp3) is 0.333. The minimum Gasteiger partial charge on any atom is -0.462 e. The fourth-order valence-electron chi connectivity index (χ4n) is 3.20. The van der Waals surface area contributed by atoms with Crippen LogP contribution in [0.5, 0.6) is 0 Å². The van der Waals surface area contributed by atoms with Crippen LogP contribution in [0.2, 0.25) is 0 Å². The van der Waals surface area contributed by atoms with Crippen LogP contribution >= 0.6 is 0 Å². The molecule has 1 fully saturated rings. The molecule has 2 aromatic carbocycles. The van der Waals surface area contributed by atoms with E-state index < -0.39 is 36.2 Å². The highest BCUT2D eigenvalue weighted by molar-refractivity contribution is 6.00. The van der Waals surface area contributed by atoms with E-state index in [0.29, 0.717) is 23.5 Å². The first-order chi connectivity index (χ1) is 15.7. The third-order valence-corrected chi connectivity index (χ3v) is 4.89. The second-order valence-electron chi connectivity index (χ2n) is 8.11. The van der Waals surface area contributed by atoms with E-state index in [4.69, 9.17) is 9.47 Å². The van der Waals surface area contributed by atoms with Crippen molar-refractivity contribution in [2.24, 2.45) is 11.8 Å². The Bertz CT molecular complexity index is 1020. The number of halogens is 1. The average molecular weight is 456 g/mol. The zero-order valence-electron chi connectivity index (χ0n) is 18.4. The molecule has 1 saturated heterocycles. The first-order valence-electron chi connectivity index (χ1n) is 10.5. The van der Waals surface area contributed by atoms with Crippen molar-refractivity contribution in [1.82, 2.24) is 0 Å². The third kappa shape index (κ3) is 6.61. The van der Waals surface area contributed by atoms with Gasteiger partial charge in [-0.05, 0) is 54.4 Å². The smallest absolute Gasteiger partial charge is 0.338 e. The quantitative estimate of drug-likeness (QED) is 0.613. The molecule has 0 spiro atoms. The molecule has 1 atom stereocenters. The topological polar surface area (TPSA) is 102 Å². The van der Waals surface area contributed by atoms with E-state index in [0.717, 1.165) is 0 Å².